The molecular weight excluding hydrogens is 432 g/mol. The maximum Gasteiger partial charge on any atom is 0.346 e. The van der Waals surface area contributed by atoms with Crippen LogP contribution in [0.5, 0.6) is 11.5 Å². The van der Waals surface area contributed by atoms with Gasteiger partial charge in [-0.3, -0.25) is 9.36 Å². The number of ether oxygens (including phenoxy) is 2. The number of nitrogens with zero attached hydrogens (tertiary/aromatic N) is 3. The molecule has 8 nitrogen and oxygen atoms in total. The molecule has 0 atom stereocenters. The fraction of sp³-hybridized carbons (Fsp3) is 0.269. The molecule has 0 bridgehead atoms. The van der Waals surface area contributed by atoms with Crippen LogP contribution >= 0.6 is 0 Å². The molecule has 0 radical (unpaired) electrons. The second-order valence-corrected chi connectivity index (χ2v) is 8.31. The zero-order valence-electron chi connectivity index (χ0n) is 18.9. The Kier molecular flexibility index (Phi) is 6.03. The Morgan fingerprint density at radius 3 is 2.50 bits per heavy atom. The summed E-state index contributed by atoms with van der Waals surface area (Å²) in [4.78, 5) is 25.2. The van der Waals surface area contributed by atoms with Crippen LogP contribution < -0.4 is 20.5 Å². The Morgan fingerprint density at radius 2 is 1.76 bits per heavy atom. The fourth-order valence-corrected chi connectivity index (χ4v) is 3.92. The molecule has 174 valence electrons. The second kappa shape index (κ2) is 9.43. The van der Waals surface area contributed by atoms with Crippen molar-refractivity contribution >= 4 is 16.7 Å². The number of rotatable bonds is 9. The number of carbonyl (C=O) groups excluding carboxylic acids is 1. The summed E-state index contributed by atoms with van der Waals surface area (Å²) >= 11 is 0. The molecule has 1 aromatic heterocycles. The predicted molar refractivity (Wildman–Crippen MR) is 129 cm³/mol. The monoisotopic (exact) mass is 458 g/mol. The number of hydrogen-bond donors (Lipinski definition) is 1. The van der Waals surface area contributed by atoms with Gasteiger partial charge in [-0.1, -0.05) is 30.3 Å². The molecule has 4 aromatic rings. The van der Waals surface area contributed by atoms with Gasteiger partial charge in [0.1, 0.15) is 11.5 Å². The van der Waals surface area contributed by atoms with Crippen molar-refractivity contribution in [3.8, 4) is 22.9 Å². The standard InChI is InChI=1S/C26H26N4O4/c1-33-22-11-7-19(8-12-22)25-28-29(26(32)30(25)21-9-10-21)15-14-27-24(31)17-34-23-13-6-18-4-2-3-5-20(18)16-23/h2-8,11-13,16,21H,9-10,14-15,17H2,1H3,(H,27,31). The fourth-order valence-electron chi connectivity index (χ4n) is 3.92. The molecule has 1 heterocycles. The molecule has 3 aromatic carbocycles. The van der Waals surface area contributed by atoms with Crippen LogP contribution in [0, 0.1) is 0 Å². The van der Waals surface area contributed by atoms with Crippen molar-refractivity contribution in [2.45, 2.75) is 25.4 Å². The SMILES string of the molecule is COc1ccc(-c2nn(CCNC(=O)COc3ccc4ccccc4c3)c(=O)n2C2CC2)cc1. The first-order chi connectivity index (χ1) is 16.6. The van der Waals surface area contributed by atoms with Crippen LogP contribution in [-0.2, 0) is 11.3 Å². The lowest BCUT2D eigenvalue weighted by Gasteiger charge is -2.08. The first-order valence-electron chi connectivity index (χ1n) is 11.3. The van der Waals surface area contributed by atoms with Gasteiger partial charge in [-0.25, -0.2) is 9.48 Å². The maximum absolute atomic E-state index is 13.0. The van der Waals surface area contributed by atoms with Gasteiger partial charge in [-0.2, -0.15) is 0 Å². The molecule has 5 rings (SSSR count). The minimum Gasteiger partial charge on any atom is -0.497 e. The van der Waals surface area contributed by atoms with Crippen molar-refractivity contribution in [1.29, 1.82) is 0 Å². The lowest BCUT2D eigenvalue weighted by Crippen LogP contribution is -2.34. The van der Waals surface area contributed by atoms with Crippen LogP contribution in [0.1, 0.15) is 18.9 Å². The van der Waals surface area contributed by atoms with Gasteiger partial charge >= 0.3 is 5.69 Å². The number of nitrogens with one attached hydrogen (secondary N) is 1. The summed E-state index contributed by atoms with van der Waals surface area (Å²) in [5.74, 6) is 1.77. The highest BCUT2D eigenvalue weighted by molar-refractivity contribution is 5.84. The summed E-state index contributed by atoms with van der Waals surface area (Å²) in [6, 6.07) is 21.4. The number of fused-ring (bicyclic) bond motifs is 1. The Bertz CT molecular complexity index is 1370. The van der Waals surface area contributed by atoms with Gasteiger partial charge in [0.2, 0.25) is 0 Å². The Hall–Kier alpha value is -4.07. The number of hydrogen-bond acceptors (Lipinski definition) is 5. The van der Waals surface area contributed by atoms with Crippen molar-refractivity contribution in [3.05, 3.63) is 77.2 Å². The third-order valence-electron chi connectivity index (χ3n) is 5.87. The smallest absolute Gasteiger partial charge is 0.346 e. The molecule has 1 amide bonds. The van der Waals surface area contributed by atoms with Crippen LogP contribution in [-0.4, -0.2) is 40.5 Å². The molecule has 8 heteroatoms. The molecule has 1 saturated carbocycles. The van der Waals surface area contributed by atoms with Gasteiger partial charge in [-0.05, 0) is 60.0 Å². The molecule has 0 aliphatic heterocycles. The van der Waals surface area contributed by atoms with Crippen LogP contribution in [0.2, 0.25) is 0 Å². The number of aromatic nitrogens is 3. The van der Waals surface area contributed by atoms with Gasteiger partial charge in [0.15, 0.2) is 12.4 Å². The molecule has 1 aliphatic carbocycles. The first kappa shape index (κ1) is 21.8. The Labute approximate surface area is 196 Å². The second-order valence-electron chi connectivity index (χ2n) is 8.31. The molecule has 0 saturated heterocycles. The summed E-state index contributed by atoms with van der Waals surface area (Å²) in [7, 11) is 1.62. The quantitative estimate of drug-likeness (QED) is 0.415. The van der Waals surface area contributed by atoms with E-state index < -0.39 is 0 Å². The number of methoxy groups -OCH3 is 1. The van der Waals surface area contributed by atoms with Crippen LogP contribution in [0.25, 0.3) is 22.2 Å². The van der Waals surface area contributed by atoms with E-state index in [2.05, 4.69) is 10.4 Å². The third-order valence-corrected chi connectivity index (χ3v) is 5.87. The molecule has 1 N–H and O–H groups in total. The molecule has 1 fully saturated rings. The van der Waals surface area contributed by atoms with E-state index in [0.717, 1.165) is 34.9 Å². The minimum atomic E-state index is -0.252. The lowest BCUT2D eigenvalue weighted by molar-refractivity contribution is -0.123. The van der Waals surface area contributed by atoms with Gasteiger partial charge < -0.3 is 14.8 Å². The average Bonchev–Trinajstić information content (AvgIpc) is 3.66. The minimum absolute atomic E-state index is 0.0964. The van der Waals surface area contributed by atoms with E-state index in [1.807, 2.05) is 66.7 Å². The highest BCUT2D eigenvalue weighted by Crippen LogP contribution is 2.36. The van der Waals surface area contributed by atoms with Crippen molar-refractivity contribution in [2.75, 3.05) is 20.3 Å². The van der Waals surface area contributed by atoms with Crippen LogP contribution in [0.15, 0.2) is 71.5 Å². The maximum atomic E-state index is 13.0. The molecule has 34 heavy (non-hydrogen) atoms. The van der Waals surface area contributed by atoms with Crippen molar-refractivity contribution in [3.63, 3.8) is 0 Å². The Balaban J connectivity index is 1.20. The van der Waals surface area contributed by atoms with Gasteiger partial charge in [0, 0.05) is 18.2 Å². The molecule has 1 aliphatic rings. The number of benzene rings is 3. The van der Waals surface area contributed by atoms with Crippen LogP contribution in [0.3, 0.4) is 0 Å². The van der Waals surface area contributed by atoms with Crippen molar-refractivity contribution in [1.82, 2.24) is 19.7 Å². The zero-order valence-corrected chi connectivity index (χ0v) is 18.9. The normalized spacial score (nSPS) is 13.1. The molecule has 0 spiro atoms. The highest BCUT2D eigenvalue weighted by atomic mass is 16.5. The van der Waals surface area contributed by atoms with Gasteiger partial charge in [0.05, 0.1) is 13.7 Å². The van der Waals surface area contributed by atoms with Crippen molar-refractivity contribution < 1.29 is 14.3 Å². The average molecular weight is 459 g/mol. The summed E-state index contributed by atoms with van der Waals surface area (Å²) in [5, 5.41) is 9.53. The number of amides is 1. The topological polar surface area (TPSA) is 87.4 Å². The van der Waals surface area contributed by atoms with Crippen molar-refractivity contribution in [2.24, 2.45) is 0 Å². The van der Waals surface area contributed by atoms with E-state index >= 15 is 0 Å². The van der Waals surface area contributed by atoms with E-state index in [1.54, 1.807) is 11.7 Å². The predicted octanol–water partition coefficient (Wildman–Crippen LogP) is 3.40. The first-order valence-corrected chi connectivity index (χ1v) is 11.3. The summed E-state index contributed by atoms with van der Waals surface area (Å²) in [5.41, 5.74) is 0.700. The van der Waals surface area contributed by atoms with Gasteiger partial charge in [-0.15, -0.1) is 5.10 Å². The lowest BCUT2D eigenvalue weighted by atomic mass is 10.1. The summed E-state index contributed by atoms with van der Waals surface area (Å²) < 4.78 is 14.0. The third kappa shape index (κ3) is 4.66. The number of carbonyl (C=O) groups is 1. The van der Waals surface area contributed by atoms with E-state index in [-0.39, 0.29) is 37.3 Å². The highest BCUT2D eigenvalue weighted by Gasteiger charge is 2.30. The molecular formula is C26H26N4O4. The van der Waals surface area contributed by atoms with Crippen LogP contribution in [0.4, 0.5) is 0 Å². The van der Waals surface area contributed by atoms with E-state index in [0.29, 0.717) is 11.6 Å². The Morgan fingerprint density at radius 1 is 1.03 bits per heavy atom. The summed E-state index contributed by atoms with van der Waals surface area (Å²) in [6.45, 7) is 0.466. The molecule has 0 unspecified atom stereocenters. The zero-order chi connectivity index (χ0) is 23.5. The van der Waals surface area contributed by atoms with Gasteiger partial charge in [0.25, 0.3) is 5.91 Å². The largest absolute Gasteiger partial charge is 0.497 e. The van der Waals surface area contributed by atoms with E-state index in [9.17, 15) is 9.59 Å². The van der Waals surface area contributed by atoms with E-state index in [4.69, 9.17) is 9.47 Å². The summed E-state index contributed by atoms with van der Waals surface area (Å²) in [6.07, 6.45) is 1.94. The van der Waals surface area contributed by atoms with E-state index in [1.165, 1.54) is 4.68 Å².